The van der Waals surface area contributed by atoms with Gasteiger partial charge in [-0.25, -0.2) is 10.9 Å². The van der Waals surface area contributed by atoms with Crippen molar-refractivity contribution in [2.24, 2.45) is 5.92 Å². The van der Waals surface area contributed by atoms with Crippen LogP contribution in [0.4, 0.5) is 0 Å². The summed E-state index contributed by atoms with van der Waals surface area (Å²) >= 11 is 0. The molecule has 0 spiro atoms. The molecular formula is C17H17N3O2. The lowest BCUT2D eigenvalue weighted by molar-refractivity contribution is -0.121. The van der Waals surface area contributed by atoms with Crippen LogP contribution in [0, 0.1) is 5.92 Å². The summed E-state index contributed by atoms with van der Waals surface area (Å²) in [6.45, 7) is 0. The molecule has 2 heterocycles. The maximum absolute atomic E-state index is 12.2. The molecule has 4 rings (SSSR count). The number of phenolic OH excluding ortho intramolecular Hbond substituents is 1. The van der Waals surface area contributed by atoms with E-state index in [1.807, 2.05) is 24.3 Å². The Hall–Kier alpha value is -2.37. The first kappa shape index (κ1) is 13.3. The highest BCUT2D eigenvalue weighted by molar-refractivity contribution is 5.86. The number of hydrazine groups is 1. The van der Waals surface area contributed by atoms with Crippen molar-refractivity contribution in [1.29, 1.82) is 0 Å². The van der Waals surface area contributed by atoms with E-state index >= 15 is 0 Å². The second-order valence-electron chi connectivity index (χ2n) is 5.81. The van der Waals surface area contributed by atoms with E-state index in [9.17, 15) is 9.90 Å². The molecule has 2 saturated heterocycles. The van der Waals surface area contributed by atoms with E-state index in [0.29, 0.717) is 0 Å². The van der Waals surface area contributed by atoms with Crippen LogP contribution in [0.3, 0.4) is 0 Å². The molecule has 0 aromatic heterocycles. The maximum atomic E-state index is 12.2. The van der Waals surface area contributed by atoms with Crippen LogP contribution >= 0.6 is 0 Å². The zero-order valence-corrected chi connectivity index (χ0v) is 11.9. The lowest BCUT2D eigenvalue weighted by atomic mass is 9.84. The summed E-state index contributed by atoms with van der Waals surface area (Å²) in [7, 11) is 0. The Morgan fingerprint density at radius 2 is 1.55 bits per heavy atom. The van der Waals surface area contributed by atoms with Gasteiger partial charge in [0.2, 0.25) is 5.91 Å². The highest BCUT2D eigenvalue weighted by atomic mass is 16.3. The monoisotopic (exact) mass is 295 g/mol. The number of fused-ring (bicyclic) bond motifs is 1. The first-order chi connectivity index (χ1) is 10.7. The first-order valence-corrected chi connectivity index (χ1v) is 7.39. The van der Waals surface area contributed by atoms with E-state index in [1.54, 1.807) is 18.2 Å². The second kappa shape index (κ2) is 5.12. The van der Waals surface area contributed by atoms with Gasteiger partial charge in [0, 0.05) is 5.92 Å². The van der Waals surface area contributed by atoms with Crippen LogP contribution in [0.5, 0.6) is 5.75 Å². The van der Waals surface area contributed by atoms with Crippen molar-refractivity contribution >= 4 is 5.91 Å². The van der Waals surface area contributed by atoms with Gasteiger partial charge in [-0.1, -0.05) is 42.5 Å². The Morgan fingerprint density at radius 3 is 2.32 bits per heavy atom. The van der Waals surface area contributed by atoms with Gasteiger partial charge in [-0.05, 0) is 23.3 Å². The lowest BCUT2D eigenvalue weighted by Gasteiger charge is -2.24. The number of carbonyl (C=O) groups excluding carboxylic acids is 1. The zero-order chi connectivity index (χ0) is 15.1. The van der Waals surface area contributed by atoms with Gasteiger partial charge in [-0.15, -0.1) is 0 Å². The lowest BCUT2D eigenvalue weighted by Crippen LogP contribution is -2.39. The number of carbonyl (C=O) groups is 1. The summed E-state index contributed by atoms with van der Waals surface area (Å²) in [5.74, 6) is 0.256. The fraction of sp³-hybridized carbons (Fsp3) is 0.235. The molecule has 0 aliphatic carbocycles. The number of amides is 1. The fourth-order valence-electron chi connectivity index (χ4n) is 3.52. The summed E-state index contributed by atoms with van der Waals surface area (Å²) in [5.41, 5.74) is 8.42. The van der Waals surface area contributed by atoms with Gasteiger partial charge in [0.15, 0.2) is 0 Å². The molecule has 4 atom stereocenters. The van der Waals surface area contributed by atoms with Crippen molar-refractivity contribution in [2.45, 2.75) is 18.1 Å². The Bertz CT molecular complexity index is 704. The van der Waals surface area contributed by atoms with Crippen LogP contribution in [0.25, 0.3) is 0 Å². The molecule has 112 valence electrons. The third-order valence-corrected chi connectivity index (χ3v) is 4.52. The molecule has 2 aliphatic rings. The van der Waals surface area contributed by atoms with E-state index in [4.69, 9.17) is 0 Å². The normalized spacial score (nSPS) is 30.1. The Balaban J connectivity index is 1.72. The third-order valence-electron chi connectivity index (χ3n) is 4.52. The molecule has 2 fully saturated rings. The molecule has 2 aromatic carbocycles. The molecule has 0 radical (unpaired) electrons. The minimum absolute atomic E-state index is 0.00993. The second-order valence-corrected chi connectivity index (χ2v) is 5.81. The van der Waals surface area contributed by atoms with Crippen molar-refractivity contribution in [1.82, 2.24) is 16.2 Å². The Kier molecular flexibility index (Phi) is 3.10. The summed E-state index contributed by atoms with van der Waals surface area (Å²) in [4.78, 5) is 12.2. The number of phenols is 1. The standard InChI is InChI=1S/C17H17N3O2/c21-12-8-4-7-11(9-12)14-13-15(10-5-2-1-3-6-10)19-20-16(13)17(22)18-14/h1-9,13-16,19-21H,(H,18,22). The van der Waals surface area contributed by atoms with Gasteiger partial charge < -0.3 is 10.4 Å². The number of benzene rings is 2. The van der Waals surface area contributed by atoms with Crippen LogP contribution in [0.2, 0.25) is 0 Å². The summed E-state index contributed by atoms with van der Waals surface area (Å²) in [5, 5.41) is 12.8. The van der Waals surface area contributed by atoms with E-state index < -0.39 is 0 Å². The molecule has 5 heteroatoms. The smallest absolute Gasteiger partial charge is 0.239 e. The third kappa shape index (κ3) is 2.06. The molecule has 0 saturated carbocycles. The van der Waals surface area contributed by atoms with Gasteiger partial charge in [0.05, 0.1) is 12.1 Å². The number of nitrogens with one attached hydrogen (secondary N) is 3. The highest BCUT2D eigenvalue weighted by Gasteiger charge is 2.51. The molecule has 22 heavy (non-hydrogen) atoms. The minimum Gasteiger partial charge on any atom is -0.508 e. The molecule has 5 nitrogen and oxygen atoms in total. The minimum atomic E-state index is -0.266. The van der Waals surface area contributed by atoms with Gasteiger partial charge in [0.25, 0.3) is 0 Å². The first-order valence-electron chi connectivity index (χ1n) is 7.39. The van der Waals surface area contributed by atoms with E-state index in [1.165, 1.54) is 0 Å². The van der Waals surface area contributed by atoms with Gasteiger partial charge >= 0.3 is 0 Å². The molecule has 2 aliphatic heterocycles. The van der Waals surface area contributed by atoms with Gasteiger partial charge in [0.1, 0.15) is 11.8 Å². The van der Waals surface area contributed by atoms with Crippen molar-refractivity contribution < 1.29 is 9.90 Å². The number of aromatic hydroxyl groups is 1. The van der Waals surface area contributed by atoms with Crippen molar-refractivity contribution in [3.8, 4) is 5.75 Å². The van der Waals surface area contributed by atoms with E-state index in [2.05, 4.69) is 28.3 Å². The SMILES string of the molecule is O=C1NC(c2cccc(O)c2)C2C1NNC2c1ccccc1. The number of rotatable bonds is 2. The number of hydrogen-bond acceptors (Lipinski definition) is 4. The molecule has 2 aromatic rings. The van der Waals surface area contributed by atoms with E-state index in [-0.39, 0.29) is 35.7 Å². The van der Waals surface area contributed by atoms with Crippen molar-refractivity contribution in [2.75, 3.05) is 0 Å². The largest absolute Gasteiger partial charge is 0.508 e. The summed E-state index contributed by atoms with van der Waals surface area (Å²) < 4.78 is 0. The number of hydrogen-bond donors (Lipinski definition) is 4. The van der Waals surface area contributed by atoms with Crippen molar-refractivity contribution in [3.63, 3.8) is 0 Å². The van der Waals surface area contributed by atoms with Crippen LogP contribution in [-0.4, -0.2) is 17.1 Å². The fourth-order valence-corrected chi connectivity index (χ4v) is 3.52. The molecular weight excluding hydrogens is 278 g/mol. The van der Waals surface area contributed by atoms with Gasteiger partial charge in [-0.3, -0.25) is 4.79 Å². The molecule has 0 bridgehead atoms. The quantitative estimate of drug-likeness (QED) is 0.676. The molecule has 1 amide bonds. The maximum Gasteiger partial charge on any atom is 0.239 e. The predicted octanol–water partition coefficient (Wildman–Crippen LogP) is 1.40. The van der Waals surface area contributed by atoms with Crippen LogP contribution in [0.15, 0.2) is 54.6 Å². The molecule has 4 N–H and O–H groups in total. The Morgan fingerprint density at radius 1 is 0.818 bits per heavy atom. The zero-order valence-electron chi connectivity index (χ0n) is 11.9. The van der Waals surface area contributed by atoms with E-state index in [0.717, 1.165) is 11.1 Å². The van der Waals surface area contributed by atoms with Crippen LogP contribution in [0.1, 0.15) is 23.2 Å². The molecule has 4 unspecified atom stereocenters. The summed E-state index contributed by atoms with van der Waals surface area (Å²) in [6.07, 6.45) is 0. The van der Waals surface area contributed by atoms with Gasteiger partial charge in [-0.2, -0.15) is 0 Å². The van der Waals surface area contributed by atoms with Crippen molar-refractivity contribution in [3.05, 3.63) is 65.7 Å². The summed E-state index contributed by atoms with van der Waals surface area (Å²) in [6, 6.07) is 16.8. The average molecular weight is 295 g/mol. The average Bonchev–Trinajstić information content (AvgIpc) is 3.10. The topological polar surface area (TPSA) is 73.4 Å². The van der Waals surface area contributed by atoms with Crippen LogP contribution in [-0.2, 0) is 4.79 Å². The highest BCUT2D eigenvalue weighted by Crippen LogP contribution is 2.42. The van der Waals surface area contributed by atoms with Crippen LogP contribution < -0.4 is 16.2 Å². The predicted molar refractivity (Wildman–Crippen MR) is 81.7 cm³/mol. The Labute approximate surface area is 128 Å².